The highest BCUT2D eigenvalue weighted by atomic mass is 32.2. The Labute approximate surface area is 165 Å². The molecule has 1 aromatic heterocycles. The summed E-state index contributed by atoms with van der Waals surface area (Å²) >= 11 is 1.01. The molecule has 1 unspecified atom stereocenters. The Morgan fingerprint density at radius 1 is 1.21 bits per heavy atom. The Balaban J connectivity index is 1.79. The topological polar surface area (TPSA) is 125 Å². The standard InChI is InChI=1S/C19H18N4O4S/c1-11-7-9-13(10-8-11)23-18(19(26)27-22-23)28-12(2)17(25)21-15-6-4-3-5-14(15)16(20)24/h3-10,12H,1-2H3,(H3-,20,21,22,24,25,26). The van der Waals surface area contributed by atoms with Crippen LogP contribution in [0.5, 0.6) is 5.95 Å². The molecule has 0 aliphatic heterocycles. The fourth-order valence-electron chi connectivity index (χ4n) is 2.45. The SMILES string of the molecule is Cc1ccc(-[n+]2noc([O-])c2SC(C)C(=O)Nc2ccccc2C(N)=O)cc1. The largest absolute Gasteiger partial charge is 0.538 e. The van der Waals surface area contributed by atoms with Crippen LogP contribution in [0, 0.1) is 6.92 Å². The predicted octanol–water partition coefficient (Wildman–Crippen LogP) is 1.55. The number of carbonyl (C=O) groups excluding carboxylic acids is 2. The van der Waals surface area contributed by atoms with Crippen LogP contribution in [0.15, 0.2) is 58.1 Å². The van der Waals surface area contributed by atoms with Gasteiger partial charge in [0, 0.05) is 12.1 Å². The molecule has 28 heavy (non-hydrogen) atoms. The first kappa shape index (κ1) is 19.4. The lowest BCUT2D eigenvalue weighted by Crippen LogP contribution is -2.36. The van der Waals surface area contributed by atoms with Gasteiger partial charge >= 0.3 is 0 Å². The highest BCUT2D eigenvalue weighted by molar-refractivity contribution is 8.00. The molecule has 1 atom stereocenters. The number of aryl methyl sites for hydroxylation is 1. The number of rotatable bonds is 6. The number of thioether (sulfide) groups is 1. The van der Waals surface area contributed by atoms with Crippen LogP contribution >= 0.6 is 11.8 Å². The molecule has 144 valence electrons. The molecule has 0 spiro atoms. The molecule has 0 bridgehead atoms. The Kier molecular flexibility index (Phi) is 5.65. The van der Waals surface area contributed by atoms with E-state index in [0.29, 0.717) is 11.4 Å². The lowest BCUT2D eigenvalue weighted by Gasteiger charge is -2.12. The molecule has 2 aromatic carbocycles. The highest BCUT2D eigenvalue weighted by Crippen LogP contribution is 2.28. The first-order valence-corrected chi connectivity index (χ1v) is 9.27. The van der Waals surface area contributed by atoms with Gasteiger partial charge in [-0.3, -0.25) is 9.59 Å². The van der Waals surface area contributed by atoms with Crippen molar-refractivity contribution in [3.05, 3.63) is 59.7 Å². The number of nitrogens with one attached hydrogen (secondary N) is 1. The summed E-state index contributed by atoms with van der Waals surface area (Å²) in [6, 6.07) is 13.8. The van der Waals surface area contributed by atoms with Gasteiger partial charge in [0.05, 0.1) is 21.8 Å². The summed E-state index contributed by atoms with van der Waals surface area (Å²) in [7, 11) is 0. The van der Waals surface area contributed by atoms with Crippen LogP contribution in [0.25, 0.3) is 5.69 Å². The number of para-hydroxylation sites is 1. The van der Waals surface area contributed by atoms with Crippen molar-refractivity contribution in [3.8, 4) is 11.6 Å². The third-order valence-corrected chi connectivity index (χ3v) is 5.09. The fourth-order valence-corrected chi connectivity index (χ4v) is 3.32. The number of nitrogens with two attached hydrogens (primary N) is 1. The summed E-state index contributed by atoms with van der Waals surface area (Å²) in [5.74, 6) is -1.67. The number of anilines is 1. The molecule has 0 saturated carbocycles. The van der Waals surface area contributed by atoms with Crippen molar-refractivity contribution in [2.45, 2.75) is 24.1 Å². The molecule has 2 amide bonds. The number of amides is 2. The number of benzene rings is 2. The van der Waals surface area contributed by atoms with Crippen molar-refractivity contribution >= 4 is 29.3 Å². The smallest absolute Gasteiger partial charge is 0.298 e. The van der Waals surface area contributed by atoms with Crippen LogP contribution in [0.3, 0.4) is 0 Å². The Morgan fingerprint density at radius 2 is 1.89 bits per heavy atom. The van der Waals surface area contributed by atoms with Gasteiger partial charge in [-0.25, -0.2) is 0 Å². The van der Waals surface area contributed by atoms with E-state index in [0.717, 1.165) is 17.3 Å². The number of carbonyl (C=O) groups is 2. The van der Waals surface area contributed by atoms with E-state index >= 15 is 0 Å². The normalized spacial score (nSPS) is 11.8. The summed E-state index contributed by atoms with van der Waals surface area (Å²) in [5, 5.41) is 18.0. The maximum atomic E-state index is 12.6. The molecular weight excluding hydrogens is 380 g/mol. The van der Waals surface area contributed by atoms with Crippen LogP contribution in [0.1, 0.15) is 22.8 Å². The average molecular weight is 398 g/mol. The molecule has 0 fully saturated rings. The van der Waals surface area contributed by atoms with E-state index in [4.69, 9.17) is 10.3 Å². The molecule has 3 rings (SSSR count). The van der Waals surface area contributed by atoms with Crippen molar-refractivity contribution in [2.24, 2.45) is 5.73 Å². The Hall–Kier alpha value is -3.33. The highest BCUT2D eigenvalue weighted by Gasteiger charge is 2.27. The van der Waals surface area contributed by atoms with Gasteiger partial charge in [0.25, 0.3) is 10.9 Å². The van der Waals surface area contributed by atoms with Crippen LogP contribution in [0.2, 0.25) is 0 Å². The molecule has 8 nitrogen and oxygen atoms in total. The first-order valence-electron chi connectivity index (χ1n) is 8.39. The molecule has 0 saturated heterocycles. The molecule has 9 heteroatoms. The van der Waals surface area contributed by atoms with Crippen LogP contribution in [-0.4, -0.2) is 22.3 Å². The minimum atomic E-state index is -0.662. The van der Waals surface area contributed by atoms with Crippen molar-refractivity contribution in [2.75, 3.05) is 5.32 Å². The van der Waals surface area contributed by atoms with E-state index in [2.05, 4.69) is 10.6 Å². The van der Waals surface area contributed by atoms with E-state index in [1.807, 2.05) is 19.1 Å². The minimum Gasteiger partial charge on any atom is -0.538 e. The van der Waals surface area contributed by atoms with Crippen LogP contribution in [0.4, 0.5) is 5.69 Å². The van der Waals surface area contributed by atoms with Crippen molar-refractivity contribution in [1.29, 1.82) is 0 Å². The second kappa shape index (κ2) is 8.13. The number of hydrogen-bond acceptors (Lipinski definition) is 6. The predicted molar refractivity (Wildman–Crippen MR) is 101 cm³/mol. The van der Waals surface area contributed by atoms with Crippen LogP contribution in [-0.2, 0) is 4.79 Å². The zero-order valence-electron chi connectivity index (χ0n) is 15.2. The van der Waals surface area contributed by atoms with Gasteiger partial charge in [-0.05, 0) is 42.4 Å². The third kappa shape index (κ3) is 4.15. The monoisotopic (exact) mass is 398 g/mol. The van der Waals surface area contributed by atoms with Crippen molar-refractivity contribution < 1.29 is 23.9 Å². The molecule has 0 aliphatic carbocycles. The summed E-state index contributed by atoms with van der Waals surface area (Å²) in [4.78, 5) is 24.1. The average Bonchev–Trinajstić information content (AvgIpc) is 3.03. The van der Waals surface area contributed by atoms with E-state index in [9.17, 15) is 14.7 Å². The summed E-state index contributed by atoms with van der Waals surface area (Å²) < 4.78 is 6.13. The lowest BCUT2D eigenvalue weighted by atomic mass is 10.1. The van der Waals surface area contributed by atoms with Gasteiger partial charge in [0.15, 0.2) is 5.95 Å². The number of primary amides is 1. The molecular formula is C19H18N4O4S. The van der Waals surface area contributed by atoms with Gasteiger partial charge in [-0.15, -0.1) is 0 Å². The van der Waals surface area contributed by atoms with E-state index in [1.54, 1.807) is 37.3 Å². The summed E-state index contributed by atoms with van der Waals surface area (Å²) in [6.07, 6.45) is 0. The molecule has 3 N–H and O–H groups in total. The Bertz CT molecular complexity index is 1020. The number of nitrogens with zero attached hydrogens (tertiary/aromatic N) is 2. The molecule has 3 aromatic rings. The fraction of sp³-hybridized carbons (Fsp3) is 0.158. The van der Waals surface area contributed by atoms with Gasteiger partial charge < -0.3 is 20.7 Å². The van der Waals surface area contributed by atoms with Crippen LogP contribution < -0.4 is 20.8 Å². The maximum Gasteiger partial charge on any atom is 0.298 e. The maximum absolute atomic E-state index is 12.6. The van der Waals surface area contributed by atoms with Gasteiger partial charge in [0.2, 0.25) is 11.6 Å². The van der Waals surface area contributed by atoms with Gasteiger partial charge in [-0.1, -0.05) is 29.8 Å². The molecule has 0 radical (unpaired) electrons. The van der Waals surface area contributed by atoms with E-state index < -0.39 is 23.0 Å². The first-order chi connectivity index (χ1) is 13.4. The van der Waals surface area contributed by atoms with Crippen molar-refractivity contribution in [1.82, 2.24) is 5.27 Å². The van der Waals surface area contributed by atoms with E-state index in [1.165, 1.54) is 10.7 Å². The van der Waals surface area contributed by atoms with Crippen molar-refractivity contribution in [3.63, 3.8) is 0 Å². The third-order valence-electron chi connectivity index (χ3n) is 3.96. The quantitative estimate of drug-likeness (QED) is 0.479. The van der Waals surface area contributed by atoms with E-state index in [-0.39, 0.29) is 10.6 Å². The number of aromatic nitrogens is 2. The summed E-state index contributed by atoms with van der Waals surface area (Å²) in [5.41, 5.74) is 7.55. The Morgan fingerprint density at radius 3 is 2.57 bits per heavy atom. The van der Waals surface area contributed by atoms with Gasteiger partial charge in [0.1, 0.15) is 0 Å². The lowest BCUT2D eigenvalue weighted by molar-refractivity contribution is -0.705. The van der Waals surface area contributed by atoms with Gasteiger partial charge in [-0.2, -0.15) is 0 Å². The zero-order chi connectivity index (χ0) is 20.3. The molecule has 0 aliphatic rings. The number of hydrogen-bond donors (Lipinski definition) is 2. The second-order valence-electron chi connectivity index (χ2n) is 6.07. The second-order valence-corrected chi connectivity index (χ2v) is 7.40. The zero-order valence-corrected chi connectivity index (χ0v) is 16.0. The summed E-state index contributed by atoms with van der Waals surface area (Å²) in [6.45, 7) is 3.58. The molecule has 1 heterocycles. The minimum absolute atomic E-state index is 0.176.